The molecule has 0 atom stereocenters. The molecule has 0 spiro atoms. The molecule has 0 fully saturated rings. The van der Waals surface area contributed by atoms with Gasteiger partial charge in [0.05, 0.1) is 0 Å². The first-order chi connectivity index (χ1) is 27.2. The van der Waals surface area contributed by atoms with E-state index >= 15 is 0 Å². The average Bonchev–Trinajstić information content (AvgIpc) is 3.65. The van der Waals surface area contributed by atoms with Crippen LogP contribution in [0.1, 0.15) is 0 Å². The summed E-state index contributed by atoms with van der Waals surface area (Å²) in [6, 6.07) is 76.0. The van der Waals surface area contributed by atoms with Crippen molar-refractivity contribution >= 4 is 63.8 Å². The van der Waals surface area contributed by atoms with Crippen molar-refractivity contribution in [1.29, 1.82) is 0 Å². The Hall–Kier alpha value is -6.80. The smallest absolute Gasteiger partial charge is 0.0355 e. The number of benzene rings is 10. The lowest BCUT2D eigenvalue weighted by Gasteiger charge is -2.13. The third-order valence-electron chi connectivity index (χ3n) is 11.2. The molecule has 0 aliphatic carbocycles. The second-order valence-electron chi connectivity index (χ2n) is 14.5. The van der Waals surface area contributed by atoms with Crippen LogP contribution in [0.2, 0.25) is 0 Å². The maximum atomic E-state index is 2.38. The Morgan fingerprint density at radius 1 is 0.182 bits per heavy atom. The summed E-state index contributed by atoms with van der Waals surface area (Å²) < 4.78 is 2.67. The minimum atomic E-state index is 1.21. The van der Waals surface area contributed by atoms with Crippen molar-refractivity contribution in [2.75, 3.05) is 0 Å². The van der Waals surface area contributed by atoms with Gasteiger partial charge in [-0.15, -0.1) is 11.3 Å². The van der Waals surface area contributed by atoms with Crippen LogP contribution >= 0.6 is 11.3 Å². The monoisotopic (exact) mass is 714 g/mol. The lowest BCUT2D eigenvalue weighted by molar-refractivity contribution is 1.56. The molecule has 0 N–H and O–H groups in total. The molecule has 256 valence electrons. The van der Waals surface area contributed by atoms with Gasteiger partial charge in [-0.25, -0.2) is 0 Å². The molecule has 11 aromatic rings. The molecule has 0 nitrogen and oxygen atoms in total. The molecule has 0 aliphatic rings. The van der Waals surface area contributed by atoms with Crippen LogP contribution in [0.3, 0.4) is 0 Å². The highest BCUT2D eigenvalue weighted by Gasteiger charge is 2.12. The number of thiophene rings is 1. The van der Waals surface area contributed by atoms with Crippen molar-refractivity contribution in [3.05, 3.63) is 206 Å². The van der Waals surface area contributed by atoms with E-state index in [4.69, 9.17) is 0 Å². The Labute approximate surface area is 324 Å². The van der Waals surface area contributed by atoms with Crippen LogP contribution in [0.5, 0.6) is 0 Å². The van der Waals surface area contributed by atoms with E-state index in [1.165, 1.54) is 108 Å². The van der Waals surface area contributed by atoms with Gasteiger partial charge in [-0.3, -0.25) is 0 Å². The summed E-state index contributed by atoms with van der Waals surface area (Å²) in [6.07, 6.45) is 0. The van der Waals surface area contributed by atoms with Crippen molar-refractivity contribution in [3.8, 4) is 55.6 Å². The first-order valence-electron chi connectivity index (χ1n) is 18.9. The van der Waals surface area contributed by atoms with Gasteiger partial charge in [-0.1, -0.05) is 158 Å². The first kappa shape index (κ1) is 31.7. The molecule has 0 saturated heterocycles. The second kappa shape index (κ2) is 13.0. The topological polar surface area (TPSA) is 0 Å². The summed E-state index contributed by atoms with van der Waals surface area (Å²) in [4.78, 5) is 0. The summed E-state index contributed by atoms with van der Waals surface area (Å²) >= 11 is 1.86. The van der Waals surface area contributed by atoms with Crippen molar-refractivity contribution in [3.63, 3.8) is 0 Å². The minimum Gasteiger partial charge on any atom is -0.135 e. The van der Waals surface area contributed by atoms with Crippen molar-refractivity contribution in [1.82, 2.24) is 0 Å². The van der Waals surface area contributed by atoms with Crippen LogP contribution in [-0.2, 0) is 0 Å². The van der Waals surface area contributed by atoms with Gasteiger partial charge in [0, 0.05) is 20.2 Å². The molecule has 11 rings (SSSR count). The maximum Gasteiger partial charge on any atom is 0.0355 e. The molecule has 0 bridgehead atoms. The molecule has 0 saturated carbocycles. The molecule has 1 heteroatoms. The van der Waals surface area contributed by atoms with Gasteiger partial charge in [-0.05, 0) is 136 Å². The highest BCUT2D eigenvalue weighted by atomic mass is 32.1. The van der Waals surface area contributed by atoms with E-state index in [2.05, 4.69) is 206 Å². The lowest BCUT2D eigenvalue weighted by atomic mass is 9.91. The van der Waals surface area contributed by atoms with Crippen LogP contribution in [0.25, 0.3) is 108 Å². The number of hydrogen-bond donors (Lipinski definition) is 0. The van der Waals surface area contributed by atoms with E-state index in [9.17, 15) is 0 Å². The number of fused-ring (bicyclic) bond motifs is 9. The molecule has 0 unspecified atom stereocenters. The molecule has 0 amide bonds. The van der Waals surface area contributed by atoms with E-state index in [-0.39, 0.29) is 0 Å². The third-order valence-corrected chi connectivity index (χ3v) is 12.4. The minimum absolute atomic E-state index is 1.21. The summed E-state index contributed by atoms with van der Waals surface area (Å²) in [5.41, 5.74) is 12.2. The van der Waals surface area contributed by atoms with E-state index in [0.29, 0.717) is 0 Å². The van der Waals surface area contributed by atoms with Crippen LogP contribution in [0, 0.1) is 0 Å². The molecule has 55 heavy (non-hydrogen) atoms. The largest absolute Gasteiger partial charge is 0.135 e. The highest BCUT2D eigenvalue weighted by molar-refractivity contribution is 7.25. The van der Waals surface area contributed by atoms with Gasteiger partial charge in [0.15, 0.2) is 0 Å². The zero-order chi connectivity index (χ0) is 36.3. The zero-order valence-corrected chi connectivity index (χ0v) is 30.9. The molecule has 1 aromatic heterocycles. The molecule has 10 aromatic carbocycles. The summed E-state index contributed by atoms with van der Waals surface area (Å²) in [5.74, 6) is 0. The maximum absolute atomic E-state index is 2.38. The van der Waals surface area contributed by atoms with Gasteiger partial charge < -0.3 is 0 Å². The molecule has 1 heterocycles. The van der Waals surface area contributed by atoms with Gasteiger partial charge in [0.1, 0.15) is 0 Å². The fourth-order valence-electron chi connectivity index (χ4n) is 8.51. The Bertz CT molecular complexity index is 3240. The summed E-state index contributed by atoms with van der Waals surface area (Å²) in [7, 11) is 0. The fourth-order valence-corrected chi connectivity index (χ4v) is 9.59. The number of hydrogen-bond acceptors (Lipinski definition) is 1. The average molecular weight is 715 g/mol. The molecule has 0 aliphatic heterocycles. The third kappa shape index (κ3) is 5.52. The van der Waals surface area contributed by atoms with E-state index in [1.807, 2.05) is 11.3 Å². The zero-order valence-electron chi connectivity index (χ0n) is 30.0. The van der Waals surface area contributed by atoms with Gasteiger partial charge >= 0.3 is 0 Å². The first-order valence-corrected chi connectivity index (χ1v) is 19.7. The van der Waals surface area contributed by atoms with Crippen molar-refractivity contribution in [2.45, 2.75) is 0 Å². The Morgan fingerprint density at radius 2 is 0.491 bits per heavy atom. The molecular formula is C54H34S. The highest BCUT2D eigenvalue weighted by Crippen LogP contribution is 2.40. The standard InChI is InChI=1S/C54H34S/c1-2-21-47-45(19-1)46-20-3-4-22-48(46)51-33-43(25-27-49(47)51)41-17-9-15-39(31-41)37-13-7-11-35(29-37)36-12-8-14-38(30-36)40-16-10-18-42(32-40)44-26-28-54-52(34-44)50-23-5-6-24-53(50)55-54/h1-34H. The molecular weight excluding hydrogens is 681 g/mol. The fraction of sp³-hybridized carbons (Fsp3) is 0. The Kier molecular flexibility index (Phi) is 7.46. The van der Waals surface area contributed by atoms with E-state index in [0.717, 1.165) is 0 Å². The predicted octanol–water partition coefficient (Wildman–Crippen LogP) is 15.8. The summed E-state index contributed by atoms with van der Waals surface area (Å²) in [5, 5.41) is 10.5. The van der Waals surface area contributed by atoms with Gasteiger partial charge in [-0.2, -0.15) is 0 Å². The van der Waals surface area contributed by atoms with Gasteiger partial charge in [0.2, 0.25) is 0 Å². The summed E-state index contributed by atoms with van der Waals surface area (Å²) in [6.45, 7) is 0. The normalized spacial score (nSPS) is 11.6. The Balaban J connectivity index is 0.925. The Morgan fingerprint density at radius 3 is 0.945 bits per heavy atom. The van der Waals surface area contributed by atoms with Crippen LogP contribution in [0.4, 0.5) is 0 Å². The van der Waals surface area contributed by atoms with E-state index < -0.39 is 0 Å². The second-order valence-corrected chi connectivity index (χ2v) is 15.6. The number of rotatable bonds is 5. The molecule has 0 radical (unpaired) electrons. The van der Waals surface area contributed by atoms with E-state index in [1.54, 1.807) is 0 Å². The van der Waals surface area contributed by atoms with Crippen LogP contribution in [0.15, 0.2) is 206 Å². The SMILES string of the molecule is c1cc(-c2cccc(-c3cccc(-c4ccc5c6ccccc6c6ccccc6c5c4)c3)c2)cc(-c2cccc(-c3ccc4sc5ccccc5c4c3)c2)c1. The lowest BCUT2D eigenvalue weighted by Crippen LogP contribution is -1.86. The van der Waals surface area contributed by atoms with Crippen LogP contribution in [-0.4, -0.2) is 0 Å². The van der Waals surface area contributed by atoms with Crippen molar-refractivity contribution in [2.24, 2.45) is 0 Å². The van der Waals surface area contributed by atoms with Crippen LogP contribution < -0.4 is 0 Å². The van der Waals surface area contributed by atoms with Gasteiger partial charge in [0.25, 0.3) is 0 Å². The van der Waals surface area contributed by atoms with Crippen molar-refractivity contribution < 1.29 is 0 Å². The quantitative estimate of drug-likeness (QED) is 0.156. The predicted molar refractivity (Wildman–Crippen MR) is 239 cm³/mol.